The van der Waals surface area contributed by atoms with Gasteiger partial charge in [-0.2, -0.15) is 0 Å². The highest BCUT2D eigenvalue weighted by Crippen LogP contribution is 2.02. The summed E-state index contributed by atoms with van der Waals surface area (Å²) in [5, 5.41) is 11.5. The molecule has 0 saturated carbocycles. The Bertz CT molecular complexity index is 434. The van der Waals surface area contributed by atoms with E-state index in [9.17, 15) is 9.59 Å². The van der Waals surface area contributed by atoms with E-state index < -0.39 is 5.97 Å². The molecule has 5 nitrogen and oxygen atoms in total. The average molecular weight is 278 g/mol. The lowest BCUT2D eigenvalue weighted by atomic mass is 10.1. The Morgan fingerprint density at radius 1 is 1.30 bits per heavy atom. The molecule has 0 aliphatic heterocycles. The number of urea groups is 1. The normalized spacial score (nSPS) is 11.7. The molecule has 1 aromatic rings. The second kappa shape index (κ2) is 8.19. The highest BCUT2D eigenvalue weighted by Gasteiger charge is 2.16. The minimum atomic E-state index is -0.899. The standard InChI is InChI=1S/C15H22N2O3/c1-3-13(11-14(18)19)16-15(20)17(2)10-9-12-7-5-4-6-8-12/h4-8,13H,3,9-11H2,1-2H3,(H,16,20)(H,18,19). The molecule has 0 fully saturated rings. The molecule has 0 heterocycles. The van der Waals surface area contributed by atoms with Crippen molar-refractivity contribution in [1.82, 2.24) is 10.2 Å². The maximum absolute atomic E-state index is 11.9. The first-order valence-electron chi connectivity index (χ1n) is 6.80. The minimum absolute atomic E-state index is 0.0469. The molecular formula is C15H22N2O3. The smallest absolute Gasteiger partial charge is 0.317 e. The van der Waals surface area contributed by atoms with Crippen molar-refractivity contribution in [1.29, 1.82) is 0 Å². The molecule has 0 radical (unpaired) electrons. The molecule has 1 atom stereocenters. The summed E-state index contributed by atoms with van der Waals surface area (Å²) in [6.07, 6.45) is 1.33. The largest absolute Gasteiger partial charge is 0.481 e. The van der Waals surface area contributed by atoms with Crippen molar-refractivity contribution in [2.24, 2.45) is 0 Å². The lowest BCUT2D eigenvalue weighted by molar-refractivity contribution is -0.137. The van der Waals surface area contributed by atoms with E-state index in [1.807, 2.05) is 37.3 Å². The van der Waals surface area contributed by atoms with Crippen LogP contribution in [0.5, 0.6) is 0 Å². The number of hydrogen-bond acceptors (Lipinski definition) is 2. The highest BCUT2D eigenvalue weighted by molar-refractivity contribution is 5.75. The fourth-order valence-corrected chi connectivity index (χ4v) is 1.84. The molecule has 0 saturated heterocycles. The van der Waals surface area contributed by atoms with Gasteiger partial charge in [0.15, 0.2) is 0 Å². The van der Waals surface area contributed by atoms with Gasteiger partial charge in [-0.15, -0.1) is 0 Å². The number of carbonyl (C=O) groups is 2. The summed E-state index contributed by atoms with van der Waals surface area (Å²) in [6.45, 7) is 2.46. The summed E-state index contributed by atoms with van der Waals surface area (Å²) in [5.74, 6) is -0.899. The fraction of sp³-hybridized carbons (Fsp3) is 0.467. The second-order valence-corrected chi connectivity index (χ2v) is 4.81. The van der Waals surface area contributed by atoms with Gasteiger partial charge in [-0.05, 0) is 18.4 Å². The van der Waals surface area contributed by atoms with Crippen LogP contribution in [0.3, 0.4) is 0 Å². The molecule has 0 aromatic heterocycles. The third-order valence-corrected chi connectivity index (χ3v) is 3.17. The van der Waals surface area contributed by atoms with Crippen LogP contribution in [0.1, 0.15) is 25.3 Å². The van der Waals surface area contributed by atoms with Crippen LogP contribution in [0.25, 0.3) is 0 Å². The van der Waals surface area contributed by atoms with Crippen LogP contribution in [-0.2, 0) is 11.2 Å². The van der Waals surface area contributed by atoms with Crippen LogP contribution in [-0.4, -0.2) is 41.6 Å². The van der Waals surface area contributed by atoms with E-state index in [1.165, 1.54) is 5.56 Å². The Morgan fingerprint density at radius 3 is 2.50 bits per heavy atom. The molecule has 1 unspecified atom stereocenters. The summed E-state index contributed by atoms with van der Waals surface area (Å²) in [7, 11) is 1.71. The van der Waals surface area contributed by atoms with E-state index in [0.29, 0.717) is 13.0 Å². The Balaban J connectivity index is 2.40. The number of amides is 2. The van der Waals surface area contributed by atoms with E-state index in [1.54, 1.807) is 11.9 Å². The third-order valence-electron chi connectivity index (χ3n) is 3.17. The van der Waals surface area contributed by atoms with Gasteiger partial charge in [-0.25, -0.2) is 4.79 Å². The van der Waals surface area contributed by atoms with Gasteiger partial charge < -0.3 is 15.3 Å². The molecule has 1 rings (SSSR count). The van der Waals surface area contributed by atoms with Crippen LogP contribution < -0.4 is 5.32 Å². The number of rotatable bonds is 7. The van der Waals surface area contributed by atoms with Gasteiger partial charge in [0, 0.05) is 19.6 Å². The van der Waals surface area contributed by atoms with Gasteiger partial charge in [-0.1, -0.05) is 37.3 Å². The van der Waals surface area contributed by atoms with Crippen molar-refractivity contribution in [3.63, 3.8) is 0 Å². The van der Waals surface area contributed by atoms with Gasteiger partial charge in [0.2, 0.25) is 0 Å². The number of carboxylic acids is 1. The molecule has 0 spiro atoms. The van der Waals surface area contributed by atoms with Gasteiger partial charge in [0.25, 0.3) is 0 Å². The maximum atomic E-state index is 11.9. The van der Waals surface area contributed by atoms with Gasteiger partial charge in [-0.3, -0.25) is 4.79 Å². The predicted octanol–water partition coefficient (Wildman–Crippen LogP) is 2.12. The number of carboxylic acid groups (broad SMARTS) is 1. The molecule has 20 heavy (non-hydrogen) atoms. The summed E-state index contributed by atoms with van der Waals surface area (Å²) < 4.78 is 0. The average Bonchev–Trinajstić information content (AvgIpc) is 2.44. The molecule has 0 aliphatic carbocycles. The van der Waals surface area contributed by atoms with E-state index in [2.05, 4.69) is 5.32 Å². The fourth-order valence-electron chi connectivity index (χ4n) is 1.84. The Hall–Kier alpha value is -2.04. The first-order chi connectivity index (χ1) is 9.52. The van der Waals surface area contributed by atoms with Gasteiger partial charge >= 0.3 is 12.0 Å². The highest BCUT2D eigenvalue weighted by atomic mass is 16.4. The summed E-state index contributed by atoms with van der Waals surface area (Å²) in [4.78, 5) is 24.2. The first kappa shape index (κ1) is 16.0. The SMILES string of the molecule is CCC(CC(=O)O)NC(=O)N(C)CCc1ccccc1. The lowest BCUT2D eigenvalue weighted by Crippen LogP contribution is -2.44. The van der Waals surface area contributed by atoms with E-state index in [0.717, 1.165) is 6.42 Å². The molecule has 2 N–H and O–H groups in total. The quantitative estimate of drug-likeness (QED) is 0.802. The monoisotopic (exact) mass is 278 g/mol. The van der Waals surface area contributed by atoms with Gasteiger partial charge in [0.05, 0.1) is 6.42 Å². The molecule has 110 valence electrons. The number of aliphatic carboxylic acids is 1. The topological polar surface area (TPSA) is 69.6 Å². The zero-order chi connectivity index (χ0) is 15.0. The first-order valence-corrected chi connectivity index (χ1v) is 6.80. The maximum Gasteiger partial charge on any atom is 0.317 e. The summed E-state index contributed by atoms with van der Waals surface area (Å²) in [6, 6.07) is 9.38. The van der Waals surface area contributed by atoms with Crippen LogP contribution in [0.2, 0.25) is 0 Å². The zero-order valence-corrected chi connectivity index (χ0v) is 12.0. The number of nitrogens with zero attached hydrogens (tertiary/aromatic N) is 1. The number of hydrogen-bond donors (Lipinski definition) is 2. The third kappa shape index (κ3) is 5.73. The van der Waals surface area contributed by atoms with Crippen molar-refractivity contribution in [2.75, 3.05) is 13.6 Å². The predicted molar refractivity (Wildman–Crippen MR) is 77.6 cm³/mol. The minimum Gasteiger partial charge on any atom is -0.481 e. The van der Waals surface area contributed by atoms with E-state index in [-0.39, 0.29) is 18.5 Å². The Kier molecular flexibility index (Phi) is 6.56. The number of carbonyl (C=O) groups excluding carboxylic acids is 1. The molecule has 0 bridgehead atoms. The molecular weight excluding hydrogens is 256 g/mol. The van der Waals surface area contributed by atoms with E-state index >= 15 is 0 Å². The van der Waals surface area contributed by atoms with E-state index in [4.69, 9.17) is 5.11 Å². The van der Waals surface area contributed by atoms with Crippen LogP contribution in [0.15, 0.2) is 30.3 Å². The zero-order valence-electron chi connectivity index (χ0n) is 12.0. The Labute approximate surface area is 119 Å². The van der Waals surface area contributed by atoms with Crippen molar-refractivity contribution in [3.8, 4) is 0 Å². The van der Waals surface area contributed by atoms with Crippen LogP contribution >= 0.6 is 0 Å². The second-order valence-electron chi connectivity index (χ2n) is 4.81. The number of likely N-dealkylation sites (N-methyl/N-ethyl adjacent to an activating group) is 1. The summed E-state index contributed by atoms with van der Waals surface area (Å²) in [5.41, 5.74) is 1.17. The van der Waals surface area contributed by atoms with Crippen molar-refractivity contribution in [3.05, 3.63) is 35.9 Å². The van der Waals surface area contributed by atoms with Gasteiger partial charge in [0.1, 0.15) is 0 Å². The number of nitrogens with one attached hydrogen (secondary N) is 1. The molecule has 5 heteroatoms. The Morgan fingerprint density at radius 2 is 1.95 bits per heavy atom. The van der Waals surface area contributed by atoms with Crippen molar-refractivity contribution in [2.45, 2.75) is 32.2 Å². The van der Waals surface area contributed by atoms with Crippen LogP contribution in [0, 0.1) is 0 Å². The van der Waals surface area contributed by atoms with Crippen molar-refractivity contribution < 1.29 is 14.7 Å². The summed E-state index contributed by atoms with van der Waals surface area (Å²) >= 11 is 0. The van der Waals surface area contributed by atoms with Crippen molar-refractivity contribution >= 4 is 12.0 Å². The molecule has 2 amide bonds. The number of benzene rings is 1. The lowest BCUT2D eigenvalue weighted by Gasteiger charge is -2.22. The molecule has 1 aromatic carbocycles. The molecule has 0 aliphatic rings. The van der Waals surface area contributed by atoms with Crippen LogP contribution in [0.4, 0.5) is 4.79 Å².